The summed E-state index contributed by atoms with van der Waals surface area (Å²) in [5.74, 6) is 0.726. The zero-order chi connectivity index (χ0) is 13.4. The van der Waals surface area contributed by atoms with E-state index in [1.807, 2.05) is 6.07 Å². The first-order valence-electron chi connectivity index (χ1n) is 6.45. The fourth-order valence-corrected chi connectivity index (χ4v) is 2.16. The Hall–Kier alpha value is -0.0900. The molecule has 0 saturated heterocycles. The summed E-state index contributed by atoms with van der Waals surface area (Å²) in [4.78, 5) is 0. The van der Waals surface area contributed by atoms with Crippen LogP contribution in [0.15, 0.2) is 22.7 Å². The van der Waals surface area contributed by atoms with Crippen LogP contribution in [0.1, 0.15) is 25.8 Å². The van der Waals surface area contributed by atoms with Crippen LogP contribution in [0.4, 0.5) is 0 Å². The smallest absolute Gasteiger partial charge is 0.0548 e. The summed E-state index contributed by atoms with van der Waals surface area (Å²) in [6, 6.07) is 6.04. The van der Waals surface area contributed by atoms with E-state index in [1.54, 1.807) is 0 Å². The van der Waals surface area contributed by atoms with Crippen LogP contribution in [0.3, 0.4) is 0 Å². The molecule has 0 heterocycles. The third kappa shape index (κ3) is 6.74. The van der Waals surface area contributed by atoms with Gasteiger partial charge in [0.15, 0.2) is 0 Å². The van der Waals surface area contributed by atoms with Crippen LogP contribution in [-0.2, 0) is 6.54 Å². The number of halogens is 2. The van der Waals surface area contributed by atoms with Crippen molar-refractivity contribution in [3.63, 3.8) is 0 Å². The van der Waals surface area contributed by atoms with Gasteiger partial charge >= 0.3 is 0 Å². The van der Waals surface area contributed by atoms with Crippen LogP contribution in [-0.4, -0.2) is 19.6 Å². The summed E-state index contributed by atoms with van der Waals surface area (Å²) in [5, 5.41) is 7.63. The molecule has 0 amide bonds. The van der Waals surface area contributed by atoms with E-state index in [0.717, 1.165) is 48.0 Å². The quantitative estimate of drug-likeness (QED) is 0.707. The molecule has 2 N–H and O–H groups in total. The first kappa shape index (κ1) is 16.0. The van der Waals surface area contributed by atoms with E-state index in [1.165, 1.54) is 5.56 Å². The van der Waals surface area contributed by atoms with Crippen molar-refractivity contribution in [1.82, 2.24) is 10.6 Å². The van der Waals surface area contributed by atoms with Gasteiger partial charge in [-0.15, -0.1) is 0 Å². The second-order valence-corrected chi connectivity index (χ2v) is 6.14. The minimum Gasteiger partial charge on any atom is -0.316 e. The summed E-state index contributed by atoms with van der Waals surface area (Å²) in [6.45, 7) is 8.55. The SMILES string of the molecule is CC(C)CNCCCNCc1ccc(Cl)c(Br)c1. The van der Waals surface area contributed by atoms with E-state index in [2.05, 4.69) is 52.5 Å². The van der Waals surface area contributed by atoms with E-state index >= 15 is 0 Å². The third-order valence-corrected chi connectivity index (χ3v) is 3.79. The normalized spacial score (nSPS) is 11.2. The number of nitrogens with one attached hydrogen (secondary N) is 2. The molecule has 18 heavy (non-hydrogen) atoms. The Morgan fingerprint density at radius 3 is 2.61 bits per heavy atom. The average Bonchev–Trinajstić information content (AvgIpc) is 2.32. The maximum absolute atomic E-state index is 5.95. The molecule has 4 heteroatoms. The fourth-order valence-electron chi connectivity index (χ4n) is 1.61. The molecule has 1 aromatic carbocycles. The molecule has 0 unspecified atom stereocenters. The van der Waals surface area contributed by atoms with E-state index in [-0.39, 0.29) is 0 Å². The first-order valence-corrected chi connectivity index (χ1v) is 7.62. The van der Waals surface area contributed by atoms with Crippen molar-refractivity contribution < 1.29 is 0 Å². The summed E-state index contributed by atoms with van der Waals surface area (Å²) < 4.78 is 0.960. The molecular weight excluding hydrogens is 312 g/mol. The van der Waals surface area contributed by atoms with E-state index in [4.69, 9.17) is 11.6 Å². The maximum atomic E-state index is 5.95. The minimum atomic E-state index is 0.726. The molecule has 0 fully saturated rings. The van der Waals surface area contributed by atoms with Gasteiger partial charge in [0.05, 0.1) is 5.02 Å². The third-order valence-electron chi connectivity index (χ3n) is 2.57. The van der Waals surface area contributed by atoms with Crippen molar-refractivity contribution in [2.24, 2.45) is 5.92 Å². The van der Waals surface area contributed by atoms with E-state index < -0.39 is 0 Å². The Labute approximate surface area is 124 Å². The van der Waals surface area contributed by atoms with Crippen molar-refractivity contribution in [2.45, 2.75) is 26.8 Å². The van der Waals surface area contributed by atoms with E-state index in [9.17, 15) is 0 Å². The highest BCUT2D eigenvalue weighted by Crippen LogP contribution is 2.22. The lowest BCUT2D eigenvalue weighted by Gasteiger charge is -2.08. The fraction of sp³-hybridized carbons (Fsp3) is 0.571. The number of rotatable bonds is 8. The van der Waals surface area contributed by atoms with Crippen LogP contribution in [0.5, 0.6) is 0 Å². The molecule has 1 aromatic rings. The molecule has 0 atom stereocenters. The van der Waals surface area contributed by atoms with Crippen molar-refractivity contribution in [3.8, 4) is 0 Å². The van der Waals surface area contributed by atoms with Gasteiger partial charge in [-0.3, -0.25) is 0 Å². The van der Waals surface area contributed by atoms with Gasteiger partial charge in [-0.1, -0.05) is 31.5 Å². The summed E-state index contributed by atoms with van der Waals surface area (Å²) in [7, 11) is 0. The molecule has 0 saturated carbocycles. The second-order valence-electron chi connectivity index (χ2n) is 4.88. The summed E-state index contributed by atoms with van der Waals surface area (Å²) in [5.41, 5.74) is 1.25. The Bertz CT molecular complexity index is 356. The highest BCUT2D eigenvalue weighted by atomic mass is 79.9. The lowest BCUT2D eigenvalue weighted by molar-refractivity contribution is 0.530. The lowest BCUT2D eigenvalue weighted by Crippen LogP contribution is -2.24. The topological polar surface area (TPSA) is 24.1 Å². The lowest BCUT2D eigenvalue weighted by atomic mass is 10.2. The Morgan fingerprint density at radius 1 is 1.22 bits per heavy atom. The average molecular weight is 334 g/mol. The molecule has 102 valence electrons. The molecule has 0 radical (unpaired) electrons. The maximum Gasteiger partial charge on any atom is 0.0548 e. The monoisotopic (exact) mass is 332 g/mol. The van der Waals surface area contributed by atoms with Gasteiger partial charge in [0, 0.05) is 11.0 Å². The summed E-state index contributed by atoms with van der Waals surface area (Å²) in [6.07, 6.45) is 1.15. The number of hydrogen-bond donors (Lipinski definition) is 2. The van der Waals surface area contributed by atoms with Crippen LogP contribution < -0.4 is 10.6 Å². The van der Waals surface area contributed by atoms with Gasteiger partial charge in [-0.05, 0) is 65.6 Å². The number of benzene rings is 1. The van der Waals surface area contributed by atoms with Crippen LogP contribution >= 0.6 is 27.5 Å². The van der Waals surface area contributed by atoms with Crippen molar-refractivity contribution >= 4 is 27.5 Å². The summed E-state index contributed by atoms with van der Waals surface area (Å²) >= 11 is 9.38. The Balaban J connectivity index is 2.09. The number of hydrogen-bond acceptors (Lipinski definition) is 2. The Morgan fingerprint density at radius 2 is 1.94 bits per heavy atom. The molecular formula is C14H22BrClN2. The molecule has 0 aliphatic carbocycles. The highest BCUT2D eigenvalue weighted by Gasteiger charge is 1.98. The Kier molecular flexibility index (Phi) is 7.91. The molecule has 0 aromatic heterocycles. The molecule has 0 bridgehead atoms. The van der Waals surface area contributed by atoms with Gasteiger partial charge in [0.25, 0.3) is 0 Å². The zero-order valence-electron chi connectivity index (χ0n) is 11.1. The van der Waals surface area contributed by atoms with Crippen LogP contribution in [0.25, 0.3) is 0 Å². The molecule has 0 spiro atoms. The second kappa shape index (κ2) is 8.92. The standard InChI is InChI=1S/C14H22BrClN2/c1-11(2)9-17-6-3-7-18-10-12-4-5-14(16)13(15)8-12/h4-5,8,11,17-18H,3,6-7,9-10H2,1-2H3. The molecule has 0 aliphatic rings. The van der Waals surface area contributed by atoms with Gasteiger partial charge in [0.1, 0.15) is 0 Å². The first-order chi connectivity index (χ1) is 8.59. The van der Waals surface area contributed by atoms with Gasteiger partial charge in [-0.25, -0.2) is 0 Å². The predicted molar refractivity (Wildman–Crippen MR) is 83.2 cm³/mol. The largest absolute Gasteiger partial charge is 0.316 e. The van der Waals surface area contributed by atoms with Crippen molar-refractivity contribution in [3.05, 3.63) is 33.3 Å². The predicted octanol–water partition coefficient (Wildman–Crippen LogP) is 3.83. The zero-order valence-corrected chi connectivity index (χ0v) is 13.4. The van der Waals surface area contributed by atoms with E-state index in [0.29, 0.717) is 0 Å². The molecule has 1 rings (SSSR count). The molecule has 2 nitrogen and oxygen atoms in total. The molecule has 0 aliphatic heterocycles. The van der Waals surface area contributed by atoms with Gasteiger partial charge in [-0.2, -0.15) is 0 Å². The van der Waals surface area contributed by atoms with Gasteiger partial charge < -0.3 is 10.6 Å². The van der Waals surface area contributed by atoms with Crippen molar-refractivity contribution in [2.75, 3.05) is 19.6 Å². The van der Waals surface area contributed by atoms with Gasteiger partial charge in [0.2, 0.25) is 0 Å². The van der Waals surface area contributed by atoms with Crippen molar-refractivity contribution in [1.29, 1.82) is 0 Å². The highest BCUT2D eigenvalue weighted by molar-refractivity contribution is 9.10. The minimum absolute atomic E-state index is 0.726. The van der Waals surface area contributed by atoms with Crippen LogP contribution in [0.2, 0.25) is 5.02 Å². The van der Waals surface area contributed by atoms with Crippen LogP contribution in [0, 0.1) is 5.92 Å².